The Morgan fingerprint density at radius 2 is 2.14 bits per heavy atom. The van der Waals surface area contributed by atoms with Crippen molar-refractivity contribution in [1.29, 1.82) is 0 Å². The van der Waals surface area contributed by atoms with Gasteiger partial charge in [-0.15, -0.1) is 0 Å². The van der Waals surface area contributed by atoms with Crippen LogP contribution in [0, 0.1) is 5.82 Å². The van der Waals surface area contributed by atoms with Crippen LogP contribution in [0.1, 0.15) is 26.2 Å². The molecular weight excluding hydrogens is 293 g/mol. The molecule has 120 valence electrons. The Morgan fingerprint density at radius 1 is 1.41 bits per heavy atom. The first-order valence-electron chi connectivity index (χ1n) is 7.12. The van der Waals surface area contributed by atoms with Crippen LogP contribution in [0.25, 0.3) is 0 Å². The zero-order valence-electron chi connectivity index (χ0n) is 12.2. The molecule has 1 heterocycles. The smallest absolute Gasteiger partial charge is 0.332 e. The molecule has 1 saturated heterocycles. The number of hydrogen-bond donors (Lipinski definition) is 2. The average molecular weight is 311 g/mol. The van der Waals surface area contributed by atoms with Crippen LogP contribution in [-0.2, 0) is 14.3 Å². The van der Waals surface area contributed by atoms with Crippen LogP contribution in [0.3, 0.4) is 0 Å². The molecule has 1 aromatic rings. The van der Waals surface area contributed by atoms with Gasteiger partial charge in [0.1, 0.15) is 17.7 Å². The molecule has 1 fully saturated rings. The molecular formula is C15H18FNO5. The number of carbonyl (C=O) groups is 2. The molecule has 0 saturated carbocycles. The molecule has 2 N–H and O–H groups in total. The van der Waals surface area contributed by atoms with Gasteiger partial charge in [-0.05, 0) is 31.4 Å². The number of nitrogens with one attached hydrogen (secondary N) is 1. The van der Waals surface area contributed by atoms with Crippen LogP contribution in [0.5, 0.6) is 5.75 Å². The lowest BCUT2D eigenvalue weighted by Gasteiger charge is -2.15. The summed E-state index contributed by atoms with van der Waals surface area (Å²) in [5.74, 6) is -1.77. The van der Waals surface area contributed by atoms with Crippen molar-refractivity contribution in [3.8, 4) is 5.75 Å². The van der Waals surface area contributed by atoms with Gasteiger partial charge in [-0.1, -0.05) is 6.92 Å². The second kappa shape index (κ2) is 7.22. The maximum absolute atomic E-state index is 13.3. The summed E-state index contributed by atoms with van der Waals surface area (Å²) >= 11 is 0. The summed E-state index contributed by atoms with van der Waals surface area (Å²) in [6, 6.07) is 3.81. The number of benzene rings is 1. The molecule has 1 aliphatic heterocycles. The molecule has 1 aliphatic rings. The standard InChI is InChI=1S/C15H18FNO5/c1-2-7-21-13-8-9(16)3-4-10(13)17-14(18)11-5-6-12(22-11)15(19)20/h3-4,8,11-12H,2,5-7H2,1H3,(H,17,18)(H,19,20)/t11-,12+/m0/s1. The van der Waals surface area contributed by atoms with Gasteiger partial charge in [0, 0.05) is 6.07 Å². The van der Waals surface area contributed by atoms with Crippen molar-refractivity contribution >= 4 is 17.6 Å². The SMILES string of the molecule is CCCOc1cc(F)ccc1NC(=O)[C@@H]1CC[C@H](C(=O)O)O1. The lowest BCUT2D eigenvalue weighted by atomic mass is 10.2. The van der Waals surface area contributed by atoms with E-state index in [4.69, 9.17) is 14.6 Å². The molecule has 22 heavy (non-hydrogen) atoms. The number of rotatable bonds is 6. The highest BCUT2D eigenvalue weighted by Gasteiger charge is 2.34. The number of carboxylic acid groups (broad SMARTS) is 1. The molecule has 0 aromatic heterocycles. The summed E-state index contributed by atoms with van der Waals surface area (Å²) in [6.45, 7) is 2.31. The number of carbonyl (C=O) groups excluding carboxylic acids is 1. The molecule has 1 aromatic carbocycles. The second-order valence-corrected chi connectivity index (χ2v) is 5.01. The molecule has 2 atom stereocenters. The summed E-state index contributed by atoms with van der Waals surface area (Å²) < 4.78 is 23.8. The Balaban J connectivity index is 2.04. The molecule has 6 nitrogen and oxygen atoms in total. The van der Waals surface area contributed by atoms with Crippen molar-refractivity contribution < 1.29 is 28.6 Å². The summed E-state index contributed by atoms with van der Waals surface area (Å²) in [7, 11) is 0. The van der Waals surface area contributed by atoms with Crippen molar-refractivity contribution in [1.82, 2.24) is 0 Å². The van der Waals surface area contributed by atoms with E-state index in [-0.39, 0.29) is 12.2 Å². The monoisotopic (exact) mass is 311 g/mol. The molecule has 0 radical (unpaired) electrons. The van der Waals surface area contributed by atoms with Gasteiger partial charge in [0.2, 0.25) is 0 Å². The number of carboxylic acids is 1. The molecule has 1 amide bonds. The lowest BCUT2D eigenvalue weighted by Crippen LogP contribution is -2.30. The van der Waals surface area contributed by atoms with E-state index in [9.17, 15) is 14.0 Å². The first kappa shape index (κ1) is 16.2. The fraction of sp³-hybridized carbons (Fsp3) is 0.467. The Bertz CT molecular complexity index is 563. The molecule has 2 rings (SSSR count). The van der Waals surface area contributed by atoms with E-state index in [1.807, 2.05) is 6.92 Å². The van der Waals surface area contributed by atoms with E-state index in [1.54, 1.807) is 0 Å². The van der Waals surface area contributed by atoms with E-state index >= 15 is 0 Å². The molecule has 7 heteroatoms. The molecule has 0 aliphatic carbocycles. The van der Waals surface area contributed by atoms with Crippen molar-refractivity contribution in [2.45, 2.75) is 38.4 Å². The van der Waals surface area contributed by atoms with E-state index in [2.05, 4.69) is 5.32 Å². The van der Waals surface area contributed by atoms with E-state index < -0.39 is 29.9 Å². The van der Waals surface area contributed by atoms with E-state index in [1.165, 1.54) is 18.2 Å². The lowest BCUT2D eigenvalue weighted by molar-refractivity contribution is -0.150. The minimum absolute atomic E-state index is 0.239. The second-order valence-electron chi connectivity index (χ2n) is 5.01. The van der Waals surface area contributed by atoms with Gasteiger partial charge in [-0.25, -0.2) is 9.18 Å². The Hall–Kier alpha value is -2.15. The third-order valence-corrected chi connectivity index (χ3v) is 3.25. The van der Waals surface area contributed by atoms with E-state index in [0.717, 1.165) is 6.42 Å². The van der Waals surface area contributed by atoms with Crippen LogP contribution < -0.4 is 10.1 Å². The maximum Gasteiger partial charge on any atom is 0.332 e. The minimum atomic E-state index is -1.08. The van der Waals surface area contributed by atoms with Crippen LogP contribution in [-0.4, -0.2) is 35.8 Å². The normalized spacial score (nSPS) is 20.6. The third kappa shape index (κ3) is 3.94. The first-order chi connectivity index (χ1) is 10.5. The Kier molecular flexibility index (Phi) is 5.32. The fourth-order valence-corrected chi connectivity index (χ4v) is 2.16. The summed E-state index contributed by atoms with van der Waals surface area (Å²) in [6.07, 6.45) is -0.425. The van der Waals surface area contributed by atoms with Crippen molar-refractivity contribution in [3.05, 3.63) is 24.0 Å². The van der Waals surface area contributed by atoms with Gasteiger partial charge in [0.15, 0.2) is 6.10 Å². The number of anilines is 1. The number of ether oxygens (including phenoxy) is 2. The predicted octanol–water partition coefficient (Wildman–Crippen LogP) is 2.19. The zero-order valence-corrected chi connectivity index (χ0v) is 12.2. The largest absolute Gasteiger partial charge is 0.491 e. The highest BCUT2D eigenvalue weighted by Crippen LogP contribution is 2.27. The fourth-order valence-electron chi connectivity index (χ4n) is 2.16. The quantitative estimate of drug-likeness (QED) is 0.841. The van der Waals surface area contributed by atoms with Gasteiger partial charge in [0.05, 0.1) is 12.3 Å². The topological polar surface area (TPSA) is 84.9 Å². The Morgan fingerprint density at radius 3 is 2.77 bits per heavy atom. The van der Waals surface area contributed by atoms with Crippen LogP contribution in [0.2, 0.25) is 0 Å². The predicted molar refractivity (Wildman–Crippen MR) is 76.3 cm³/mol. The summed E-state index contributed by atoms with van der Waals surface area (Å²) in [5, 5.41) is 11.5. The number of hydrogen-bond acceptors (Lipinski definition) is 4. The van der Waals surface area contributed by atoms with Gasteiger partial charge >= 0.3 is 5.97 Å². The number of aliphatic carboxylic acids is 1. The Labute approximate surface area is 127 Å². The first-order valence-corrected chi connectivity index (χ1v) is 7.12. The van der Waals surface area contributed by atoms with Crippen molar-refractivity contribution in [2.24, 2.45) is 0 Å². The van der Waals surface area contributed by atoms with Crippen molar-refractivity contribution in [2.75, 3.05) is 11.9 Å². The van der Waals surface area contributed by atoms with Crippen molar-refractivity contribution in [3.63, 3.8) is 0 Å². The number of halogens is 1. The molecule has 0 spiro atoms. The van der Waals surface area contributed by atoms with Gasteiger partial charge in [-0.3, -0.25) is 4.79 Å². The number of amides is 1. The average Bonchev–Trinajstić information content (AvgIpc) is 2.97. The highest BCUT2D eigenvalue weighted by molar-refractivity contribution is 5.96. The maximum atomic E-state index is 13.3. The van der Waals surface area contributed by atoms with Gasteiger partial charge in [0.25, 0.3) is 5.91 Å². The minimum Gasteiger partial charge on any atom is -0.491 e. The van der Waals surface area contributed by atoms with Gasteiger partial charge < -0.3 is 19.9 Å². The van der Waals surface area contributed by atoms with E-state index in [0.29, 0.717) is 18.7 Å². The molecule has 0 unspecified atom stereocenters. The van der Waals surface area contributed by atoms with Crippen LogP contribution in [0.15, 0.2) is 18.2 Å². The highest BCUT2D eigenvalue weighted by atomic mass is 19.1. The zero-order chi connectivity index (χ0) is 16.1. The van der Waals surface area contributed by atoms with Gasteiger partial charge in [-0.2, -0.15) is 0 Å². The third-order valence-electron chi connectivity index (χ3n) is 3.25. The summed E-state index contributed by atoms with van der Waals surface area (Å²) in [5.41, 5.74) is 0.335. The summed E-state index contributed by atoms with van der Waals surface area (Å²) in [4.78, 5) is 22.9. The molecule has 0 bridgehead atoms. The van der Waals surface area contributed by atoms with Crippen LogP contribution in [0.4, 0.5) is 10.1 Å². The van der Waals surface area contributed by atoms with Crippen LogP contribution >= 0.6 is 0 Å².